The summed E-state index contributed by atoms with van der Waals surface area (Å²) in [6.45, 7) is 20.6. The van der Waals surface area contributed by atoms with Crippen LogP contribution in [-0.4, -0.2) is 76.5 Å². The molecule has 56 heavy (non-hydrogen) atoms. The number of carbonyl (C=O) groups is 3. The normalized spacial score (nSPS) is 40.2. The molecular formula is C49H74N2O5. The van der Waals surface area contributed by atoms with Crippen molar-refractivity contribution in [3.05, 3.63) is 34.4 Å². The van der Waals surface area contributed by atoms with Crippen LogP contribution in [0.5, 0.6) is 0 Å². The first-order valence-electron chi connectivity index (χ1n) is 23.0. The van der Waals surface area contributed by atoms with Crippen molar-refractivity contribution in [1.29, 1.82) is 0 Å². The largest absolute Gasteiger partial charge is 0.481 e. The fourth-order valence-electron chi connectivity index (χ4n) is 15.4. The first-order chi connectivity index (χ1) is 26.5. The summed E-state index contributed by atoms with van der Waals surface area (Å²) >= 11 is 0. The van der Waals surface area contributed by atoms with Gasteiger partial charge in [0.25, 0.3) is 0 Å². The summed E-state index contributed by atoms with van der Waals surface area (Å²) in [6, 6.07) is 0. The third kappa shape index (κ3) is 6.19. The highest BCUT2D eigenvalue weighted by Crippen LogP contribution is 2.77. The standard InChI is InChI=1S/C49H74N2O5/c1-31(2)42-37(52)27-49(40(53)29-51(28-32-11-10-12-32)41(54)30-50-25-8-9-26-50)24-23-47(6)36(43(42)49)17-18-39-46(5)21-19-35(33-13-15-34(16-14-33)44(55)56)45(3,4)38(46)20-22-48(39,47)7/h13,19,31-32,34,36,38-40,53H,8-12,14-18,20-30H2,1-7H3,(H,55,56)/t34?,36-,38+,39-,40+,46+,47-,48-,49+/m1/s1. The Morgan fingerprint density at radius 3 is 2.25 bits per heavy atom. The molecule has 1 unspecified atom stereocenters. The van der Waals surface area contributed by atoms with Crippen molar-refractivity contribution in [2.75, 3.05) is 32.7 Å². The van der Waals surface area contributed by atoms with Gasteiger partial charge in [-0.3, -0.25) is 19.3 Å². The number of hydrogen-bond donors (Lipinski definition) is 2. The Morgan fingerprint density at radius 2 is 1.62 bits per heavy atom. The van der Waals surface area contributed by atoms with E-state index in [1.807, 2.05) is 4.90 Å². The summed E-state index contributed by atoms with van der Waals surface area (Å²) in [5, 5.41) is 22.4. The van der Waals surface area contributed by atoms with Gasteiger partial charge in [-0.05, 0) is 171 Å². The summed E-state index contributed by atoms with van der Waals surface area (Å²) in [4.78, 5) is 44.4. The molecule has 7 heteroatoms. The van der Waals surface area contributed by atoms with E-state index < -0.39 is 17.5 Å². The average molecular weight is 771 g/mol. The van der Waals surface area contributed by atoms with E-state index in [2.05, 4.69) is 65.5 Å². The molecule has 5 fully saturated rings. The molecule has 9 atom stereocenters. The predicted octanol–water partition coefficient (Wildman–Crippen LogP) is 9.40. The van der Waals surface area contributed by atoms with Crippen molar-refractivity contribution in [2.45, 2.75) is 157 Å². The van der Waals surface area contributed by atoms with E-state index >= 15 is 0 Å². The molecule has 1 heterocycles. The monoisotopic (exact) mass is 771 g/mol. The smallest absolute Gasteiger partial charge is 0.306 e. The number of fused-ring (bicyclic) bond motifs is 7. The first kappa shape index (κ1) is 40.5. The molecule has 8 rings (SSSR count). The van der Waals surface area contributed by atoms with Crippen molar-refractivity contribution in [2.24, 2.45) is 62.6 Å². The van der Waals surface area contributed by atoms with Gasteiger partial charge in [0.1, 0.15) is 0 Å². The SMILES string of the molecule is CC(C)C1=C2[C@H]3CC[C@@H]4[C@@]5(C)CC=C(C6=CCC(C(=O)O)CC6)C(C)(C)[C@@H]5CC[C@@]4(C)[C@]3(C)CC[C@@]2([C@@H](O)CN(CC2CCC2)C(=O)CN2CCCC2)CC1=O. The molecular weight excluding hydrogens is 697 g/mol. The lowest BCUT2D eigenvalue weighted by molar-refractivity contribution is -0.202. The molecule has 0 aromatic carbocycles. The second-order valence-electron chi connectivity index (χ2n) is 22.0. The van der Waals surface area contributed by atoms with Crippen LogP contribution in [0, 0.1) is 62.6 Å². The van der Waals surface area contributed by atoms with Gasteiger partial charge in [-0.15, -0.1) is 0 Å². The van der Waals surface area contributed by atoms with Gasteiger partial charge in [0.05, 0.1) is 18.6 Å². The zero-order valence-corrected chi connectivity index (χ0v) is 36.1. The number of rotatable bonds is 10. The predicted molar refractivity (Wildman–Crippen MR) is 222 cm³/mol. The summed E-state index contributed by atoms with van der Waals surface area (Å²) < 4.78 is 0. The van der Waals surface area contributed by atoms with Gasteiger partial charge in [-0.2, -0.15) is 0 Å². The van der Waals surface area contributed by atoms with E-state index in [1.165, 1.54) is 36.0 Å². The number of aliphatic hydroxyl groups is 1. The van der Waals surface area contributed by atoms with Gasteiger partial charge < -0.3 is 15.1 Å². The third-order valence-electron chi connectivity index (χ3n) is 18.8. The van der Waals surface area contributed by atoms with E-state index in [-0.39, 0.29) is 51.1 Å². The summed E-state index contributed by atoms with van der Waals surface area (Å²) in [6.07, 6.45) is 20.0. The lowest BCUT2D eigenvalue weighted by Gasteiger charge is -2.71. The van der Waals surface area contributed by atoms with Crippen molar-refractivity contribution in [3.63, 3.8) is 0 Å². The fraction of sp³-hybridized carbons (Fsp3) is 0.816. The van der Waals surface area contributed by atoms with Gasteiger partial charge in [-0.25, -0.2) is 0 Å². The Kier molecular flexibility index (Phi) is 10.5. The van der Waals surface area contributed by atoms with Crippen molar-refractivity contribution in [1.82, 2.24) is 9.80 Å². The Hall–Kier alpha value is -2.25. The van der Waals surface area contributed by atoms with Crippen LogP contribution in [-0.2, 0) is 14.4 Å². The number of hydrogen-bond acceptors (Lipinski definition) is 5. The van der Waals surface area contributed by atoms with Crippen LogP contribution < -0.4 is 0 Å². The molecule has 8 aliphatic rings. The maximum absolute atomic E-state index is 14.3. The van der Waals surface area contributed by atoms with Gasteiger partial charge in [0.15, 0.2) is 5.78 Å². The van der Waals surface area contributed by atoms with Crippen LogP contribution in [0.2, 0.25) is 0 Å². The zero-order valence-electron chi connectivity index (χ0n) is 36.1. The van der Waals surface area contributed by atoms with Gasteiger partial charge in [0.2, 0.25) is 5.91 Å². The number of amides is 1. The number of carbonyl (C=O) groups excluding carboxylic acids is 2. The molecule has 1 aliphatic heterocycles. The molecule has 1 saturated heterocycles. The molecule has 0 spiro atoms. The molecule has 1 amide bonds. The number of carboxylic acids is 1. The van der Waals surface area contributed by atoms with E-state index in [0.29, 0.717) is 43.7 Å². The molecule has 0 radical (unpaired) electrons. The number of aliphatic carboxylic acids is 1. The number of aliphatic hydroxyl groups excluding tert-OH is 1. The van der Waals surface area contributed by atoms with Gasteiger partial charge in [0, 0.05) is 24.9 Å². The lowest BCUT2D eigenvalue weighted by atomic mass is 9.33. The highest BCUT2D eigenvalue weighted by molar-refractivity contribution is 6.00. The lowest BCUT2D eigenvalue weighted by Crippen LogP contribution is -2.65. The molecule has 7 aliphatic carbocycles. The fourth-order valence-corrected chi connectivity index (χ4v) is 15.4. The Balaban J connectivity index is 1.09. The second-order valence-corrected chi connectivity index (χ2v) is 22.0. The van der Waals surface area contributed by atoms with Crippen LogP contribution in [0.3, 0.4) is 0 Å². The number of allylic oxidation sites excluding steroid dienone is 5. The molecule has 0 bridgehead atoms. The molecule has 4 saturated carbocycles. The highest BCUT2D eigenvalue weighted by Gasteiger charge is 2.70. The van der Waals surface area contributed by atoms with Crippen LogP contribution in [0.1, 0.15) is 151 Å². The maximum atomic E-state index is 14.3. The topological polar surface area (TPSA) is 98.2 Å². The Bertz CT molecular complexity index is 1700. The number of likely N-dealkylation sites (tertiary alicyclic amines) is 1. The minimum absolute atomic E-state index is 0.0102. The molecule has 0 aromatic heterocycles. The van der Waals surface area contributed by atoms with Crippen LogP contribution in [0.4, 0.5) is 0 Å². The Labute approximate surface area is 338 Å². The highest BCUT2D eigenvalue weighted by atomic mass is 16.4. The first-order valence-corrected chi connectivity index (χ1v) is 23.0. The third-order valence-corrected chi connectivity index (χ3v) is 18.8. The average Bonchev–Trinajstić information content (AvgIpc) is 3.74. The van der Waals surface area contributed by atoms with E-state index in [9.17, 15) is 24.6 Å². The van der Waals surface area contributed by atoms with Crippen molar-refractivity contribution < 1.29 is 24.6 Å². The van der Waals surface area contributed by atoms with E-state index in [4.69, 9.17) is 0 Å². The molecule has 310 valence electrons. The molecule has 0 aromatic rings. The molecule has 7 nitrogen and oxygen atoms in total. The zero-order chi connectivity index (χ0) is 40.0. The minimum Gasteiger partial charge on any atom is -0.481 e. The number of nitrogens with zero attached hydrogens (tertiary/aromatic N) is 2. The maximum Gasteiger partial charge on any atom is 0.306 e. The Morgan fingerprint density at radius 1 is 0.893 bits per heavy atom. The van der Waals surface area contributed by atoms with E-state index in [0.717, 1.165) is 95.8 Å². The van der Waals surface area contributed by atoms with Crippen LogP contribution in [0.25, 0.3) is 0 Å². The number of carboxylic acid groups (broad SMARTS) is 1. The summed E-state index contributed by atoms with van der Waals surface area (Å²) in [5.41, 5.74) is 4.87. The van der Waals surface area contributed by atoms with Gasteiger partial charge >= 0.3 is 5.97 Å². The van der Waals surface area contributed by atoms with Crippen molar-refractivity contribution >= 4 is 17.7 Å². The second kappa shape index (κ2) is 14.5. The molecule has 2 N–H and O–H groups in total. The van der Waals surface area contributed by atoms with Crippen LogP contribution in [0.15, 0.2) is 34.4 Å². The number of Topliss-reactive ketones (excluding diaryl/α,β-unsaturated/α-hetero) is 1. The summed E-state index contributed by atoms with van der Waals surface area (Å²) in [7, 11) is 0. The summed E-state index contributed by atoms with van der Waals surface area (Å²) in [5.74, 6) is 1.48. The van der Waals surface area contributed by atoms with E-state index in [1.54, 1.807) is 0 Å². The van der Waals surface area contributed by atoms with Gasteiger partial charge in [-0.1, -0.05) is 72.6 Å². The quantitative estimate of drug-likeness (QED) is 0.230. The number of ketones is 1. The van der Waals surface area contributed by atoms with Crippen LogP contribution >= 0.6 is 0 Å². The van der Waals surface area contributed by atoms with Crippen molar-refractivity contribution in [3.8, 4) is 0 Å². The minimum atomic E-state index is -0.744.